The molecular formula is C20H21N7O. The van der Waals surface area contributed by atoms with Gasteiger partial charge in [-0.1, -0.05) is 69.3 Å². The lowest BCUT2D eigenvalue weighted by Gasteiger charge is -2.18. The first-order valence-electron chi connectivity index (χ1n) is 9.01. The van der Waals surface area contributed by atoms with Crippen LogP contribution in [0.25, 0.3) is 22.5 Å². The van der Waals surface area contributed by atoms with Crippen LogP contribution in [-0.2, 0) is 12.0 Å². The summed E-state index contributed by atoms with van der Waals surface area (Å²) in [4.78, 5) is 15.8. The minimum atomic E-state index is -0.324. The Morgan fingerprint density at radius 2 is 1.71 bits per heavy atom. The maximum Gasteiger partial charge on any atom is 0.361 e. The Balaban J connectivity index is 1.64. The zero-order valence-corrected chi connectivity index (χ0v) is 16.0. The molecule has 0 aliphatic heterocycles. The van der Waals surface area contributed by atoms with Crippen molar-refractivity contribution in [1.29, 1.82) is 0 Å². The summed E-state index contributed by atoms with van der Waals surface area (Å²) in [5, 5.41) is 17.1. The van der Waals surface area contributed by atoms with Crippen LogP contribution in [0.5, 0.6) is 0 Å². The van der Waals surface area contributed by atoms with Crippen molar-refractivity contribution in [1.82, 2.24) is 35.4 Å². The fourth-order valence-electron chi connectivity index (χ4n) is 3.21. The molecule has 2 aromatic carbocycles. The smallest absolute Gasteiger partial charge is 0.265 e. The number of nitrogens with zero attached hydrogens (tertiary/aromatic N) is 5. The SMILES string of the molecule is CC(C)(C)c1nc(=O)[nH]n1Cc1ccc(-c2ccccc2-c2nn[nH]n2)cc1. The highest BCUT2D eigenvalue weighted by atomic mass is 16.1. The molecule has 0 atom stereocenters. The fraction of sp³-hybridized carbons (Fsp3) is 0.250. The molecule has 0 saturated carbocycles. The highest BCUT2D eigenvalue weighted by molar-refractivity contribution is 5.80. The van der Waals surface area contributed by atoms with Gasteiger partial charge < -0.3 is 0 Å². The van der Waals surface area contributed by atoms with E-state index in [-0.39, 0.29) is 11.1 Å². The molecule has 8 heteroatoms. The van der Waals surface area contributed by atoms with Gasteiger partial charge in [0.15, 0.2) is 0 Å². The van der Waals surface area contributed by atoms with Crippen molar-refractivity contribution in [3.05, 3.63) is 70.4 Å². The van der Waals surface area contributed by atoms with Gasteiger partial charge in [0.25, 0.3) is 0 Å². The number of aromatic nitrogens is 7. The quantitative estimate of drug-likeness (QED) is 0.571. The van der Waals surface area contributed by atoms with E-state index in [1.165, 1.54) is 0 Å². The van der Waals surface area contributed by atoms with Crippen LogP contribution in [-0.4, -0.2) is 35.4 Å². The Bertz CT molecular complexity index is 1130. The van der Waals surface area contributed by atoms with E-state index in [4.69, 9.17) is 0 Å². The van der Waals surface area contributed by atoms with Crippen molar-refractivity contribution in [3.8, 4) is 22.5 Å². The van der Waals surface area contributed by atoms with Gasteiger partial charge in [0, 0.05) is 11.0 Å². The van der Waals surface area contributed by atoms with Gasteiger partial charge in [0.2, 0.25) is 5.82 Å². The highest BCUT2D eigenvalue weighted by Gasteiger charge is 2.21. The van der Waals surface area contributed by atoms with Crippen LogP contribution >= 0.6 is 0 Å². The maximum atomic E-state index is 11.7. The number of benzene rings is 2. The second kappa shape index (κ2) is 6.88. The van der Waals surface area contributed by atoms with E-state index in [2.05, 4.69) is 42.8 Å². The first-order valence-corrected chi connectivity index (χ1v) is 9.01. The van der Waals surface area contributed by atoms with Crippen molar-refractivity contribution in [3.63, 3.8) is 0 Å². The molecule has 2 aromatic heterocycles. The van der Waals surface area contributed by atoms with Crippen LogP contribution in [0.2, 0.25) is 0 Å². The lowest BCUT2D eigenvalue weighted by Crippen LogP contribution is -2.20. The van der Waals surface area contributed by atoms with Crippen molar-refractivity contribution in [2.45, 2.75) is 32.7 Å². The van der Waals surface area contributed by atoms with Gasteiger partial charge in [-0.25, -0.2) is 9.89 Å². The average Bonchev–Trinajstić information content (AvgIpc) is 3.32. The Kier molecular flexibility index (Phi) is 4.38. The van der Waals surface area contributed by atoms with Crippen LogP contribution in [0.15, 0.2) is 53.3 Å². The minimum absolute atomic E-state index is 0.220. The molecular weight excluding hydrogens is 354 g/mol. The molecule has 0 saturated heterocycles. The van der Waals surface area contributed by atoms with Gasteiger partial charge in [-0.15, -0.1) is 10.2 Å². The van der Waals surface area contributed by atoms with Gasteiger partial charge in [-0.05, 0) is 21.9 Å². The molecule has 0 spiro atoms. The third-order valence-electron chi connectivity index (χ3n) is 4.48. The van der Waals surface area contributed by atoms with E-state index in [1.54, 1.807) is 0 Å². The zero-order valence-electron chi connectivity index (χ0n) is 16.0. The van der Waals surface area contributed by atoms with Gasteiger partial charge in [0.05, 0.1) is 6.54 Å². The molecule has 2 heterocycles. The Labute approximate surface area is 161 Å². The molecule has 0 amide bonds. The lowest BCUT2D eigenvalue weighted by atomic mass is 9.95. The van der Waals surface area contributed by atoms with Crippen LogP contribution in [0.4, 0.5) is 0 Å². The van der Waals surface area contributed by atoms with Gasteiger partial charge in [-0.2, -0.15) is 10.2 Å². The average molecular weight is 375 g/mol. The van der Waals surface area contributed by atoms with E-state index >= 15 is 0 Å². The van der Waals surface area contributed by atoms with E-state index < -0.39 is 0 Å². The second-order valence-corrected chi connectivity index (χ2v) is 7.67. The molecule has 0 bridgehead atoms. The predicted octanol–water partition coefficient (Wildman–Crippen LogP) is 2.76. The Hall–Kier alpha value is -3.55. The normalized spacial score (nSPS) is 11.7. The summed E-state index contributed by atoms with van der Waals surface area (Å²) in [5.41, 5.74) is 3.53. The monoisotopic (exact) mass is 375 g/mol. The van der Waals surface area contributed by atoms with E-state index in [0.717, 1.165) is 28.1 Å². The molecule has 0 aliphatic rings. The summed E-state index contributed by atoms with van der Waals surface area (Å²) in [6, 6.07) is 16.2. The second-order valence-electron chi connectivity index (χ2n) is 7.67. The summed E-state index contributed by atoms with van der Waals surface area (Å²) in [6.45, 7) is 6.67. The highest BCUT2D eigenvalue weighted by Crippen LogP contribution is 2.30. The van der Waals surface area contributed by atoms with Crippen molar-refractivity contribution >= 4 is 0 Å². The number of rotatable bonds is 4. The molecule has 28 heavy (non-hydrogen) atoms. The molecule has 4 rings (SSSR count). The minimum Gasteiger partial charge on any atom is -0.265 e. The largest absolute Gasteiger partial charge is 0.361 e. The summed E-state index contributed by atoms with van der Waals surface area (Å²) in [5.74, 6) is 1.30. The third kappa shape index (κ3) is 3.48. The van der Waals surface area contributed by atoms with E-state index in [1.807, 2.05) is 61.9 Å². The van der Waals surface area contributed by atoms with Crippen LogP contribution in [0.3, 0.4) is 0 Å². The molecule has 4 aromatic rings. The zero-order chi connectivity index (χ0) is 19.7. The van der Waals surface area contributed by atoms with Crippen LogP contribution in [0.1, 0.15) is 32.2 Å². The topological polar surface area (TPSA) is 105 Å². The maximum absolute atomic E-state index is 11.7. The van der Waals surface area contributed by atoms with Gasteiger partial charge >= 0.3 is 5.69 Å². The first-order chi connectivity index (χ1) is 13.4. The lowest BCUT2D eigenvalue weighted by molar-refractivity contribution is 0.490. The number of aromatic amines is 2. The van der Waals surface area contributed by atoms with Gasteiger partial charge in [0.1, 0.15) is 5.82 Å². The summed E-state index contributed by atoms with van der Waals surface area (Å²) < 4.78 is 1.81. The molecule has 0 radical (unpaired) electrons. The molecule has 142 valence electrons. The fourth-order valence-corrected chi connectivity index (χ4v) is 3.21. The number of hydrogen-bond donors (Lipinski definition) is 2. The summed E-state index contributed by atoms with van der Waals surface area (Å²) in [6.07, 6.45) is 0. The summed E-state index contributed by atoms with van der Waals surface area (Å²) in [7, 11) is 0. The van der Waals surface area contributed by atoms with Crippen LogP contribution < -0.4 is 5.69 Å². The molecule has 2 N–H and O–H groups in total. The number of H-pyrrole nitrogens is 2. The van der Waals surface area contributed by atoms with E-state index in [0.29, 0.717) is 12.4 Å². The first kappa shape index (κ1) is 17.8. The Morgan fingerprint density at radius 1 is 1.00 bits per heavy atom. The standard InChI is InChI=1S/C20H21N7O/c1-20(2,3)18-21-19(28)24-27(18)12-13-8-10-14(11-9-13)15-6-4-5-7-16(15)17-22-25-26-23-17/h4-11H,12H2,1-3H3,(H,24,28)(H,22,23,25,26). The molecule has 0 unspecified atom stereocenters. The number of nitrogens with one attached hydrogen (secondary N) is 2. The Morgan fingerprint density at radius 3 is 2.36 bits per heavy atom. The van der Waals surface area contributed by atoms with Gasteiger partial charge in [-0.3, -0.25) is 4.68 Å². The number of tetrazole rings is 1. The van der Waals surface area contributed by atoms with Crippen molar-refractivity contribution in [2.24, 2.45) is 0 Å². The summed E-state index contributed by atoms with van der Waals surface area (Å²) >= 11 is 0. The van der Waals surface area contributed by atoms with Crippen molar-refractivity contribution < 1.29 is 0 Å². The molecule has 0 fully saturated rings. The van der Waals surface area contributed by atoms with Crippen molar-refractivity contribution in [2.75, 3.05) is 0 Å². The molecule has 8 nitrogen and oxygen atoms in total. The number of hydrogen-bond acceptors (Lipinski definition) is 5. The van der Waals surface area contributed by atoms with E-state index in [9.17, 15) is 4.79 Å². The molecule has 0 aliphatic carbocycles. The van der Waals surface area contributed by atoms with Crippen LogP contribution in [0, 0.1) is 0 Å². The third-order valence-corrected chi connectivity index (χ3v) is 4.48. The predicted molar refractivity (Wildman–Crippen MR) is 106 cm³/mol.